The lowest BCUT2D eigenvalue weighted by Gasteiger charge is -2.35. The monoisotopic (exact) mass is 790 g/mol. The molecule has 0 bridgehead atoms. The SMILES string of the molecule is CC[C@@H]1C[C@@]1(C)NC(=O)[C@@H]1C[C@@H](Oc2cc(-c3csc(NC(C)C)n3)nc3cc(OCCOC)ccc23)CN1C(=O)C(NC(=O)OC1C[C@@H]2C[C@@H]2C1)C(C)(C)C. The molecule has 1 aromatic carbocycles. The largest absolute Gasteiger partial charge is 0.491 e. The maximum atomic E-state index is 14.7. The number of alkyl carbamates (subject to hydrolysis) is 1. The van der Waals surface area contributed by atoms with Crippen molar-refractivity contribution in [3.63, 3.8) is 0 Å². The minimum atomic E-state index is -0.928. The first-order valence-electron chi connectivity index (χ1n) is 20.2. The van der Waals surface area contributed by atoms with Crippen LogP contribution in [0, 0.1) is 23.2 Å². The molecular weight excluding hydrogens is 733 g/mol. The topological polar surface area (TPSA) is 153 Å². The summed E-state index contributed by atoms with van der Waals surface area (Å²) in [6.07, 6.45) is 3.84. The van der Waals surface area contributed by atoms with E-state index in [-0.39, 0.29) is 42.5 Å². The number of carbonyl (C=O) groups is 3. The normalized spacial score (nSPS) is 27.1. The molecule has 8 atom stereocenters. The van der Waals surface area contributed by atoms with E-state index in [9.17, 15) is 14.4 Å². The lowest BCUT2D eigenvalue weighted by Crippen LogP contribution is -2.58. The van der Waals surface area contributed by atoms with Crippen molar-refractivity contribution < 1.29 is 33.3 Å². The van der Waals surface area contributed by atoms with E-state index in [1.165, 1.54) is 17.8 Å². The van der Waals surface area contributed by atoms with Crippen LogP contribution in [-0.2, 0) is 19.1 Å². The maximum Gasteiger partial charge on any atom is 0.408 e. The molecule has 1 aliphatic heterocycles. The molecule has 3 saturated carbocycles. The van der Waals surface area contributed by atoms with Crippen molar-refractivity contribution >= 4 is 45.3 Å². The quantitative estimate of drug-likeness (QED) is 0.140. The summed E-state index contributed by atoms with van der Waals surface area (Å²) < 4.78 is 23.7. The molecule has 3 N–H and O–H groups in total. The minimum Gasteiger partial charge on any atom is -0.491 e. The molecule has 4 aliphatic rings. The number of benzene rings is 1. The van der Waals surface area contributed by atoms with Gasteiger partial charge in [-0.15, -0.1) is 11.3 Å². The second-order valence-electron chi connectivity index (χ2n) is 17.8. The third kappa shape index (κ3) is 9.01. The Balaban J connectivity index is 1.17. The fourth-order valence-corrected chi connectivity index (χ4v) is 9.29. The fraction of sp³-hybridized carbons (Fsp3) is 0.643. The van der Waals surface area contributed by atoms with Gasteiger partial charge in [-0.1, -0.05) is 34.1 Å². The van der Waals surface area contributed by atoms with Gasteiger partial charge in [-0.05, 0) is 81.8 Å². The molecule has 3 aromatic rings. The zero-order valence-electron chi connectivity index (χ0n) is 34.0. The van der Waals surface area contributed by atoms with E-state index in [1.807, 2.05) is 50.4 Å². The number of carbonyl (C=O) groups excluding carboxylic acids is 3. The second-order valence-corrected chi connectivity index (χ2v) is 18.6. The number of pyridine rings is 1. The molecule has 2 unspecified atom stereocenters. The lowest BCUT2D eigenvalue weighted by molar-refractivity contribution is -0.142. The van der Waals surface area contributed by atoms with Crippen molar-refractivity contribution in [2.45, 2.75) is 123 Å². The maximum absolute atomic E-state index is 14.7. The number of ether oxygens (including phenoxy) is 4. The fourth-order valence-electron chi connectivity index (χ4n) is 8.44. The average molecular weight is 791 g/mol. The summed E-state index contributed by atoms with van der Waals surface area (Å²) in [5, 5.41) is 13.1. The summed E-state index contributed by atoms with van der Waals surface area (Å²) in [5.74, 6) is 2.34. The van der Waals surface area contributed by atoms with E-state index < -0.39 is 29.7 Å². The molecule has 13 nitrogen and oxygen atoms in total. The number of hydrogen-bond acceptors (Lipinski definition) is 11. The Hall–Kier alpha value is -4.17. The van der Waals surface area contributed by atoms with Crippen LogP contribution in [0.5, 0.6) is 11.5 Å². The van der Waals surface area contributed by atoms with E-state index in [0.29, 0.717) is 59.4 Å². The number of hydrogen-bond donors (Lipinski definition) is 3. The highest BCUT2D eigenvalue weighted by Crippen LogP contribution is 2.52. The van der Waals surface area contributed by atoms with Gasteiger partial charge in [0.15, 0.2) is 5.13 Å². The van der Waals surface area contributed by atoms with Crippen LogP contribution in [-0.4, -0.2) is 95.5 Å². The Labute approximate surface area is 334 Å². The first-order chi connectivity index (χ1) is 26.6. The number of thiazole rings is 1. The number of likely N-dealkylation sites (tertiary alicyclic amines) is 1. The lowest BCUT2D eigenvalue weighted by atomic mass is 9.85. The number of methoxy groups -OCH3 is 1. The van der Waals surface area contributed by atoms with Crippen molar-refractivity contribution in [2.75, 3.05) is 32.2 Å². The number of nitrogens with one attached hydrogen (secondary N) is 3. The zero-order chi connectivity index (χ0) is 39.9. The summed E-state index contributed by atoms with van der Waals surface area (Å²) >= 11 is 1.50. The summed E-state index contributed by atoms with van der Waals surface area (Å²) in [5.41, 5.74) is 0.987. The Bertz CT molecular complexity index is 1920. The summed E-state index contributed by atoms with van der Waals surface area (Å²) in [6.45, 7) is 15.0. The van der Waals surface area contributed by atoms with E-state index in [1.54, 1.807) is 12.0 Å². The minimum absolute atomic E-state index is 0.126. The van der Waals surface area contributed by atoms with E-state index >= 15 is 0 Å². The predicted molar refractivity (Wildman–Crippen MR) is 216 cm³/mol. The van der Waals surface area contributed by atoms with Crippen LogP contribution in [0.2, 0.25) is 0 Å². The molecule has 3 amide bonds. The van der Waals surface area contributed by atoms with Gasteiger partial charge in [0.05, 0.1) is 24.4 Å². The van der Waals surface area contributed by atoms with Gasteiger partial charge in [-0.25, -0.2) is 14.8 Å². The van der Waals surface area contributed by atoms with Crippen molar-refractivity contribution in [1.82, 2.24) is 25.5 Å². The van der Waals surface area contributed by atoms with Gasteiger partial charge in [0, 0.05) is 48.0 Å². The van der Waals surface area contributed by atoms with Crippen LogP contribution in [0.25, 0.3) is 22.3 Å². The smallest absolute Gasteiger partial charge is 0.408 e. The third-order valence-electron chi connectivity index (χ3n) is 11.8. The Kier molecular flexibility index (Phi) is 11.4. The van der Waals surface area contributed by atoms with Gasteiger partial charge in [0.2, 0.25) is 11.8 Å². The number of nitrogens with zero attached hydrogens (tertiary/aromatic N) is 3. The molecule has 0 spiro atoms. The molecule has 56 heavy (non-hydrogen) atoms. The predicted octanol–water partition coefficient (Wildman–Crippen LogP) is 6.80. The molecular formula is C42H58N6O7S. The van der Waals surface area contributed by atoms with Crippen LogP contribution < -0.4 is 25.4 Å². The number of anilines is 1. The zero-order valence-corrected chi connectivity index (χ0v) is 34.8. The van der Waals surface area contributed by atoms with Crippen molar-refractivity contribution in [3.05, 3.63) is 29.6 Å². The van der Waals surface area contributed by atoms with Gasteiger partial charge in [-0.3, -0.25) is 9.59 Å². The number of aromatic nitrogens is 2. The molecule has 2 aromatic heterocycles. The summed E-state index contributed by atoms with van der Waals surface area (Å²) in [6, 6.07) is 6.02. The molecule has 0 radical (unpaired) electrons. The Morgan fingerprint density at radius 2 is 1.79 bits per heavy atom. The molecule has 3 aliphatic carbocycles. The van der Waals surface area contributed by atoms with E-state index in [4.69, 9.17) is 28.9 Å². The highest BCUT2D eigenvalue weighted by Gasteiger charge is 2.53. The third-order valence-corrected chi connectivity index (χ3v) is 12.6. The van der Waals surface area contributed by atoms with Crippen molar-refractivity contribution in [1.29, 1.82) is 0 Å². The average Bonchev–Trinajstić information content (AvgIpc) is 3.73. The Morgan fingerprint density at radius 1 is 1.02 bits per heavy atom. The molecule has 1 saturated heterocycles. The highest BCUT2D eigenvalue weighted by molar-refractivity contribution is 7.14. The summed E-state index contributed by atoms with van der Waals surface area (Å²) in [4.78, 5) is 53.5. The van der Waals surface area contributed by atoms with Gasteiger partial charge in [0.1, 0.15) is 48.1 Å². The van der Waals surface area contributed by atoms with Crippen LogP contribution in [0.4, 0.5) is 9.93 Å². The van der Waals surface area contributed by atoms with E-state index in [0.717, 1.165) is 36.2 Å². The number of fused-ring (bicyclic) bond motifs is 2. The van der Waals surface area contributed by atoms with Gasteiger partial charge >= 0.3 is 6.09 Å². The van der Waals surface area contributed by atoms with Crippen LogP contribution in [0.1, 0.15) is 87.0 Å². The number of rotatable bonds is 15. The first kappa shape index (κ1) is 40.0. The van der Waals surface area contributed by atoms with Crippen LogP contribution in [0.15, 0.2) is 29.6 Å². The van der Waals surface area contributed by atoms with Crippen molar-refractivity contribution in [2.24, 2.45) is 23.2 Å². The van der Waals surface area contributed by atoms with Gasteiger partial charge in [-0.2, -0.15) is 0 Å². The van der Waals surface area contributed by atoms with Gasteiger partial charge < -0.3 is 39.8 Å². The molecule has 4 fully saturated rings. The molecule has 304 valence electrons. The Morgan fingerprint density at radius 3 is 2.46 bits per heavy atom. The van der Waals surface area contributed by atoms with Crippen LogP contribution >= 0.6 is 11.3 Å². The van der Waals surface area contributed by atoms with Crippen LogP contribution in [0.3, 0.4) is 0 Å². The standard InChI is InChI=1S/C42H58N6O7S/c1-9-26-20-42(26,7)47-37(49)34-18-29(21-48(34)38(50)36(41(4,5)6)46-40(51)55-28-15-24-14-25(24)16-28)54-35-19-32(33-22-56-39(45-33)43-23(2)3)44-31-17-27(10-11-30(31)35)53-13-12-52-8/h10-11,17,19,22-26,28-29,34,36H,9,12-16,18,20-21H2,1-8H3,(H,43,45)(H,46,51)(H,47,49)/t24-,25+,26-,28?,29-,34+,36?,42-/m1/s1. The van der Waals surface area contributed by atoms with Gasteiger partial charge in [0.25, 0.3) is 0 Å². The molecule has 3 heterocycles. The van der Waals surface area contributed by atoms with Crippen molar-refractivity contribution in [3.8, 4) is 22.9 Å². The first-order valence-corrected chi connectivity index (χ1v) is 21.1. The second kappa shape index (κ2) is 16.0. The number of amides is 3. The summed E-state index contributed by atoms with van der Waals surface area (Å²) in [7, 11) is 1.63. The van der Waals surface area contributed by atoms with E-state index in [2.05, 4.69) is 43.6 Å². The highest BCUT2D eigenvalue weighted by atomic mass is 32.1. The molecule has 7 rings (SSSR count). The molecule has 14 heteroatoms.